The minimum Gasteiger partial charge on any atom is -0.341 e. The largest absolute Gasteiger partial charge is 0.341 e. The van der Waals surface area contributed by atoms with Gasteiger partial charge in [-0.15, -0.1) is 0 Å². The number of anilines is 1. The Bertz CT molecular complexity index is 1150. The lowest BCUT2D eigenvalue weighted by Crippen LogP contribution is -2.31. The summed E-state index contributed by atoms with van der Waals surface area (Å²) in [6, 6.07) is 12.0. The Morgan fingerprint density at radius 2 is 1.84 bits per heavy atom. The van der Waals surface area contributed by atoms with Crippen molar-refractivity contribution in [2.75, 3.05) is 18.0 Å². The van der Waals surface area contributed by atoms with E-state index < -0.39 is 0 Å². The molecule has 0 bridgehead atoms. The normalized spacial score (nSPS) is 15.1. The molecular formula is C19H16N6. The molecule has 0 amide bonds. The van der Waals surface area contributed by atoms with Crippen LogP contribution >= 0.6 is 0 Å². The van der Waals surface area contributed by atoms with Crippen molar-refractivity contribution >= 4 is 33.7 Å². The van der Waals surface area contributed by atoms with Crippen molar-refractivity contribution in [2.24, 2.45) is 0 Å². The van der Waals surface area contributed by atoms with Crippen LogP contribution in [0.2, 0.25) is 0 Å². The molecule has 1 aliphatic rings. The highest BCUT2D eigenvalue weighted by molar-refractivity contribution is 5.91. The summed E-state index contributed by atoms with van der Waals surface area (Å²) in [5.41, 5.74) is 3.82. The van der Waals surface area contributed by atoms with Gasteiger partial charge in [0, 0.05) is 24.7 Å². The lowest BCUT2D eigenvalue weighted by atomic mass is 10.1. The molecular weight excluding hydrogens is 312 g/mol. The van der Waals surface area contributed by atoms with Crippen molar-refractivity contribution in [3.05, 3.63) is 42.1 Å². The number of imidazole rings is 1. The van der Waals surface area contributed by atoms with Gasteiger partial charge in [0.2, 0.25) is 5.95 Å². The second-order valence-corrected chi connectivity index (χ2v) is 6.43. The first-order chi connectivity index (χ1) is 12.3. The summed E-state index contributed by atoms with van der Waals surface area (Å²) in [7, 11) is 0. The van der Waals surface area contributed by atoms with Crippen LogP contribution in [0.4, 0.5) is 5.95 Å². The summed E-state index contributed by atoms with van der Waals surface area (Å²) in [4.78, 5) is 16.3. The fraction of sp³-hybridized carbons (Fsp3) is 0.263. The highest BCUT2D eigenvalue weighted by Gasteiger charge is 2.17. The molecule has 4 aromatic rings. The number of hydrogen-bond acceptors (Lipinski definition) is 5. The SMILES string of the molecule is N#Cc1cc2cnc(N3CCCCC3)nc2n2c1nc1ccccc12. The van der Waals surface area contributed by atoms with Gasteiger partial charge in [-0.1, -0.05) is 12.1 Å². The van der Waals surface area contributed by atoms with E-state index in [0.29, 0.717) is 11.2 Å². The quantitative estimate of drug-likeness (QED) is 0.536. The zero-order valence-corrected chi connectivity index (χ0v) is 13.7. The summed E-state index contributed by atoms with van der Waals surface area (Å²) < 4.78 is 1.98. The van der Waals surface area contributed by atoms with Gasteiger partial charge in [0.25, 0.3) is 0 Å². The van der Waals surface area contributed by atoms with Crippen molar-refractivity contribution < 1.29 is 0 Å². The maximum Gasteiger partial charge on any atom is 0.227 e. The molecule has 0 saturated carbocycles. The zero-order chi connectivity index (χ0) is 16.8. The molecule has 0 atom stereocenters. The smallest absolute Gasteiger partial charge is 0.227 e. The van der Waals surface area contributed by atoms with Gasteiger partial charge in [-0.2, -0.15) is 10.2 Å². The number of rotatable bonds is 1. The molecule has 1 saturated heterocycles. The molecule has 6 nitrogen and oxygen atoms in total. The van der Waals surface area contributed by atoms with Gasteiger partial charge in [-0.25, -0.2) is 9.97 Å². The lowest BCUT2D eigenvalue weighted by Gasteiger charge is -2.26. The van der Waals surface area contributed by atoms with E-state index >= 15 is 0 Å². The molecule has 1 fully saturated rings. The summed E-state index contributed by atoms with van der Waals surface area (Å²) in [5, 5.41) is 10.4. The average Bonchev–Trinajstić information content (AvgIpc) is 3.07. The van der Waals surface area contributed by atoms with Gasteiger partial charge < -0.3 is 4.90 Å². The van der Waals surface area contributed by atoms with Crippen LogP contribution in [0.25, 0.3) is 27.7 Å². The van der Waals surface area contributed by atoms with Gasteiger partial charge in [0.15, 0.2) is 11.3 Å². The first-order valence-corrected chi connectivity index (χ1v) is 8.57. The van der Waals surface area contributed by atoms with Gasteiger partial charge in [0.05, 0.1) is 16.6 Å². The Kier molecular flexibility index (Phi) is 3.07. The van der Waals surface area contributed by atoms with Crippen LogP contribution in [0.1, 0.15) is 24.8 Å². The fourth-order valence-corrected chi connectivity index (χ4v) is 3.62. The number of hydrogen-bond donors (Lipinski definition) is 0. The molecule has 1 aromatic carbocycles. The third kappa shape index (κ3) is 2.13. The molecule has 5 rings (SSSR count). The number of aromatic nitrogens is 4. The van der Waals surface area contributed by atoms with E-state index in [1.165, 1.54) is 19.3 Å². The Hall–Kier alpha value is -3.20. The maximum atomic E-state index is 9.53. The summed E-state index contributed by atoms with van der Waals surface area (Å²) in [5.74, 6) is 0.760. The van der Waals surface area contributed by atoms with Crippen LogP contribution in [0.5, 0.6) is 0 Å². The van der Waals surface area contributed by atoms with E-state index in [1.54, 1.807) is 0 Å². The number of fused-ring (bicyclic) bond motifs is 5. The van der Waals surface area contributed by atoms with E-state index in [2.05, 4.69) is 20.9 Å². The summed E-state index contributed by atoms with van der Waals surface area (Å²) in [6.07, 6.45) is 5.45. The third-order valence-electron chi connectivity index (χ3n) is 4.86. The number of nitriles is 1. The van der Waals surface area contributed by atoms with Crippen LogP contribution < -0.4 is 4.90 Å². The molecule has 0 N–H and O–H groups in total. The minimum absolute atomic E-state index is 0.540. The lowest BCUT2D eigenvalue weighted by molar-refractivity contribution is 0.569. The van der Waals surface area contributed by atoms with Crippen molar-refractivity contribution in [1.29, 1.82) is 5.26 Å². The van der Waals surface area contributed by atoms with Gasteiger partial charge in [-0.3, -0.25) is 4.40 Å². The van der Waals surface area contributed by atoms with Crippen molar-refractivity contribution in [3.8, 4) is 6.07 Å². The molecule has 3 aromatic heterocycles. The summed E-state index contributed by atoms with van der Waals surface area (Å²) >= 11 is 0. The Morgan fingerprint density at radius 3 is 2.68 bits per heavy atom. The molecule has 25 heavy (non-hydrogen) atoms. The van der Waals surface area contributed by atoms with Crippen LogP contribution in [0.3, 0.4) is 0 Å². The molecule has 0 unspecified atom stereocenters. The number of benzene rings is 1. The van der Waals surface area contributed by atoms with Gasteiger partial charge >= 0.3 is 0 Å². The number of para-hydroxylation sites is 2. The number of nitrogens with zero attached hydrogens (tertiary/aromatic N) is 6. The topological polar surface area (TPSA) is 70.1 Å². The van der Waals surface area contributed by atoms with Crippen molar-refractivity contribution in [1.82, 2.24) is 19.4 Å². The Morgan fingerprint density at radius 1 is 1.00 bits per heavy atom. The Labute approximate surface area is 144 Å². The zero-order valence-electron chi connectivity index (χ0n) is 13.7. The highest BCUT2D eigenvalue weighted by Crippen LogP contribution is 2.26. The predicted octanol–water partition coefficient (Wildman–Crippen LogP) is 3.29. The highest BCUT2D eigenvalue weighted by atomic mass is 15.3. The molecule has 122 valence electrons. The molecule has 0 radical (unpaired) electrons. The monoisotopic (exact) mass is 328 g/mol. The van der Waals surface area contributed by atoms with Crippen LogP contribution in [-0.2, 0) is 0 Å². The first kappa shape index (κ1) is 14.2. The van der Waals surface area contributed by atoms with E-state index in [4.69, 9.17) is 4.98 Å². The second kappa shape index (κ2) is 5.42. The summed E-state index contributed by atoms with van der Waals surface area (Å²) in [6.45, 7) is 1.99. The van der Waals surface area contributed by atoms with Crippen LogP contribution in [0.15, 0.2) is 36.5 Å². The molecule has 4 heterocycles. The van der Waals surface area contributed by atoms with E-state index in [1.807, 2.05) is 40.9 Å². The van der Waals surface area contributed by atoms with Crippen LogP contribution in [0, 0.1) is 11.3 Å². The molecule has 0 aliphatic carbocycles. The molecule has 6 heteroatoms. The van der Waals surface area contributed by atoms with Crippen LogP contribution in [-0.4, -0.2) is 32.4 Å². The first-order valence-electron chi connectivity index (χ1n) is 8.57. The standard InChI is InChI=1S/C19H16N6/c20-11-13-10-14-12-21-19(24-8-4-1-5-9-24)23-18(14)25-16-7-3-2-6-15(16)22-17(13)25/h2-3,6-7,10,12H,1,4-5,8-9H2. The average molecular weight is 328 g/mol. The number of pyridine rings is 1. The third-order valence-corrected chi connectivity index (χ3v) is 4.86. The van der Waals surface area contributed by atoms with Gasteiger partial charge in [0.1, 0.15) is 6.07 Å². The maximum absolute atomic E-state index is 9.53. The molecule has 1 aliphatic heterocycles. The van der Waals surface area contributed by atoms with E-state index in [9.17, 15) is 5.26 Å². The van der Waals surface area contributed by atoms with Crippen molar-refractivity contribution in [2.45, 2.75) is 19.3 Å². The number of piperidine rings is 1. The predicted molar refractivity (Wildman–Crippen MR) is 96.6 cm³/mol. The molecule has 0 spiro atoms. The van der Waals surface area contributed by atoms with Gasteiger partial charge in [-0.05, 0) is 37.5 Å². The Balaban J connectivity index is 1.85. The van der Waals surface area contributed by atoms with Crippen molar-refractivity contribution in [3.63, 3.8) is 0 Å². The minimum atomic E-state index is 0.540. The second-order valence-electron chi connectivity index (χ2n) is 6.43. The van der Waals surface area contributed by atoms with E-state index in [-0.39, 0.29) is 0 Å². The van der Waals surface area contributed by atoms with E-state index in [0.717, 1.165) is 41.1 Å². The fourth-order valence-electron chi connectivity index (χ4n) is 3.62.